The van der Waals surface area contributed by atoms with Gasteiger partial charge in [-0.25, -0.2) is 5.43 Å². The van der Waals surface area contributed by atoms with Crippen LogP contribution in [-0.4, -0.2) is 32.2 Å². The molecule has 8 heteroatoms. The predicted octanol–water partition coefficient (Wildman–Crippen LogP) is 3.37. The van der Waals surface area contributed by atoms with Gasteiger partial charge in [0, 0.05) is 6.07 Å². The molecule has 0 spiro atoms. The molecule has 0 aromatic heterocycles. The molecule has 8 nitrogen and oxygen atoms in total. The fourth-order valence-corrected chi connectivity index (χ4v) is 2.70. The molecule has 0 atom stereocenters. The van der Waals surface area contributed by atoms with Gasteiger partial charge < -0.3 is 19.5 Å². The monoisotopic (exact) mass is 433 g/mol. The minimum absolute atomic E-state index is 0.307. The van der Waals surface area contributed by atoms with Crippen LogP contribution in [0, 0.1) is 0 Å². The average molecular weight is 433 g/mol. The first-order valence-corrected chi connectivity index (χ1v) is 9.72. The zero-order chi connectivity index (χ0) is 22.8. The van der Waals surface area contributed by atoms with Gasteiger partial charge in [-0.2, -0.15) is 5.10 Å². The molecular weight excluding hydrogens is 410 g/mol. The second-order valence-corrected chi connectivity index (χ2v) is 6.56. The van der Waals surface area contributed by atoms with E-state index in [1.165, 1.54) is 20.4 Å². The van der Waals surface area contributed by atoms with Crippen molar-refractivity contribution in [2.75, 3.05) is 19.5 Å². The van der Waals surface area contributed by atoms with E-state index in [1.807, 2.05) is 30.3 Å². The number of benzene rings is 3. The van der Waals surface area contributed by atoms with Crippen LogP contribution >= 0.6 is 0 Å². The Hall–Kier alpha value is -4.33. The molecule has 0 aliphatic rings. The van der Waals surface area contributed by atoms with Crippen LogP contribution in [0.15, 0.2) is 77.9 Å². The van der Waals surface area contributed by atoms with Crippen molar-refractivity contribution in [3.8, 4) is 17.2 Å². The predicted molar refractivity (Wildman–Crippen MR) is 121 cm³/mol. The summed E-state index contributed by atoms with van der Waals surface area (Å²) in [4.78, 5) is 24.2. The lowest BCUT2D eigenvalue weighted by Gasteiger charge is -2.11. The minimum Gasteiger partial charge on any atom is -0.497 e. The summed E-state index contributed by atoms with van der Waals surface area (Å²) in [5, 5.41) is 6.29. The van der Waals surface area contributed by atoms with Crippen molar-refractivity contribution in [3.63, 3.8) is 0 Å². The molecule has 2 N–H and O–H groups in total. The smallest absolute Gasteiger partial charge is 0.329 e. The number of amides is 2. The fraction of sp³-hybridized carbons (Fsp3) is 0.125. The molecule has 0 saturated carbocycles. The van der Waals surface area contributed by atoms with Crippen molar-refractivity contribution < 1.29 is 23.8 Å². The Morgan fingerprint density at radius 3 is 2.28 bits per heavy atom. The maximum Gasteiger partial charge on any atom is 0.329 e. The summed E-state index contributed by atoms with van der Waals surface area (Å²) >= 11 is 0. The van der Waals surface area contributed by atoms with E-state index in [1.54, 1.807) is 42.5 Å². The number of nitrogens with one attached hydrogen (secondary N) is 2. The van der Waals surface area contributed by atoms with E-state index < -0.39 is 11.8 Å². The standard InChI is InChI=1S/C24H23N3O5/c1-30-20-12-13-22(31-2)21(14-20)26-23(28)24(29)27-25-15-17-8-10-19(11-9-17)32-16-18-6-4-3-5-7-18/h3-15H,16H2,1-2H3,(H,26,28)(H,27,29)/b25-15-. The van der Waals surface area contributed by atoms with Crippen molar-refractivity contribution in [1.82, 2.24) is 5.43 Å². The third-order valence-electron chi connectivity index (χ3n) is 4.37. The van der Waals surface area contributed by atoms with Gasteiger partial charge in [0.2, 0.25) is 0 Å². The second kappa shape index (κ2) is 11.2. The zero-order valence-electron chi connectivity index (χ0n) is 17.7. The molecule has 164 valence electrons. The summed E-state index contributed by atoms with van der Waals surface area (Å²) in [5.74, 6) is -0.199. The van der Waals surface area contributed by atoms with Gasteiger partial charge in [-0.05, 0) is 47.5 Å². The van der Waals surface area contributed by atoms with E-state index in [-0.39, 0.29) is 0 Å². The van der Waals surface area contributed by atoms with Crippen molar-refractivity contribution in [1.29, 1.82) is 0 Å². The Kier molecular flexibility index (Phi) is 7.80. The molecule has 0 aliphatic carbocycles. The molecule has 0 bridgehead atoms. The van der Waals surface area contributed by atoms with Gasteiger partial charge in [0.1, 0.15) is 23.9 Å². The molecule has 0 fully saturated rings. The molecule has 0 radical (unpaired) electrons. The van der Waals surface area contributed by atoms with E-state index in [0.29, 0.717) is 29.5 Å². The van der Waals surface area contributed by atoms with Crippen LogP contribution in [0.25, 0.3) is 0 Å². The number of ether oxygens (including phenoxy) is 3. The molecular formula is C24H23N3O5. The summed E-state index contributed by atoms with van der Waals surface area (Å²) in [7, 11) is 2.95. The van der Waals surface area contributed by atoms with Gasteiger partial charge >= 0.3 is 11.8 Å². The van der Waals surface area contributed by atoms with E-state index >= 15 is 0 Å². The number of methoxy groups -OCH3 is 2. The molecule has 0 unspecified atom stereocenters. The van der Waals surface area contributed by atoms with E-state index in [0.717, 1.165) is 11.1 Å². The van der Waals surface area contributed by atoms with Gasteiger partial charge in [-0.3, -0.25) is 9.59 Å². The van der Waals surface area contributed by atoms with Crippen molar-refractivity contribution in [3.05, 3.63) is 83.9 Å². The Bertz CT molecular complexity index is 1080. The lowest BCUT2D eigenvalue weighted by Crippen LogP contribution is -2.32. The molecule has 2 amide bonds. The number of carbonyl (C=O) groups is 2. The fourth-order valence-electron chi connectivity index (χ4n) is 2.70. The van der Waals surface area contributed by atoms with E-state index in [2.05, 4.69) is 15.8 Å². The maximum absolute atomic E-state index is 12.1. The van der Waals surface area contributed by atoms with Gasteiger partial charge in [0.15, 0.2) is 0 Å². The van der Waals surface area contributed by atoms with Crippen LogP contribution in [0.3, 0.4) is 0 Å². The summed E-state index contributed by atoms with van der Waals surface area (Å²) in [6, 6.07) is 21.9. The molecule has 32 heavy (non-hydrogen) atoms. The third kappa shape index (κ3) is 6.33. The molecule has 3 aromatic rings. The first-order valence-electron chi connectivity index (χ1n) is 9.72. The quantitative estimate of drug-likeness (QED) is 0.322. The van der Waals surface area contributed by atoms with Gasteiger partial charge in [0.05, 0.1) is 26.1 Å². The normalized spacial score (nSPS) is 10.4. The largest absolute Gasteiger partial charge is 0.497 e. The number of hydrogen-bond donors (Lipinski definition) is 2. The third-order valence-corrected chi connectivity index (χ3v) is 4.37. The molecule has 0 heterocycles. The van der Waals surface area contributed by atoms with Crippen LogP contribution in [0.2, 0.25) is 0 Å². The van der Waals surface area contributed by atoms with Gasteiger partial charge in [-0.1, -0.05) is 30.3 Å². The summed E-state index contributed by atoms with van der Waals surface area (Å²) < 4.78 is 16.0. The highest BCUT2D eigenvalue weighted by Crippen LogP contribution is 2.28. The highest BCUT2D eigenvalue weighted by molar-refractivity contribution is 6.39. The van der Waals surface area contributed by atoms with E-state index in [4.69, 9.17) is 14.2 Å². The lowest BCUT2D eigenvalue weighted by molar-refractivity contribution is -0.136. The van der Waals surface area contributed by atoms with E-state index in [9.17, 15) is 9.59 Å². The topological polar surface area (TPSA) is 98.2 Å². The number of nitrogens with zero attached hydrogens (tertiary/aromatic N) is 1. The Labute approximate surface area is 185 Å². The van der Waals surface area contributed by atoms with Gasteiger partial charge in [0.25, 0.3) is 0 Å². The number of hydrogen-bond acceptors (Lipinski definition) is 6. The lowest BCUT2D eigenvalue weighted by atomic mass is 10.2. The van der Waals surface area contributed by atoms with Gasteiger partial charge in [-0.15, -0.1) is 0 Å². The number of hydrazone groups is 1. The van der Waals surface area contributed by atoms with Crippen molar-refractivity contribution in [2.24, 2.45) is 5.10 Å². The minimum atomic E-state index is -0.922. The Balaban J connectivity index is 1.51. The number of anilines is 1. The average Bonchev–Trinajstić information content (AvgIpc) is 2.84. The van der Waals surface area contributed by atoms with Crippen LogP contribution in [0.5, 0.6) is 17.2 Å². The molecule has 3 aromatic carbocycles. The Morgan fingerprint density at radius 1 is 0.875 bits per heavy atom. The summed E-state index contributed by atoms with van der Waals surface area (Å²) in [6.07, 6.45) is 1.43. The summed E-state index contributed by atoms with van der Waals surface area (Å²) in [6.45, 7) is 0.470. The maximum atomic E-state index is 12.1. The van der Waals surface area contributed by atoms with Crippen LogP contribution < -0.4 is 25.0 Å². The molecule has 0 aliphatic heterocycles. The summed E-state index contributed by atoms with van der Waals surface area (Å²) in [5.41, 5.74) is 4.30. The van der Waals surface area contributed by atoms with Crippen LogP contribution in [-0.2, 0) is 16.2 Å². The molecule has 0 saturated heterocycles. The molecule has 3 rings (SSSR count). The zero-order valence-corrected chi connectivity index (χ0v) is 17.7. The second-order valence-electron chi connectivity index (χ2n) is 6.56. The van der Waals surface area contributed by atoms with Crippen LogP contribution in [0.1, 0.15) is 11.1 Å². The van der Waals surface area contributed by atoms with Crippen molar-refractivity contribution >= 4 is 23.7 Å². The van der Waals surface area contributed by atoms with Crippen LogP contribution in [0.4, 0.5) is 5.69 Å². The highest BCUT2D eigenvalue weighted by Gasteiger charge is 2.16. The highest BCUT2D eigenvalue weighted by atomic mass is 16.5. The first kappa shape index (κ1) is 22.4. The van der Waals surface area contributed by atoms with Crippen molar-refractivity contribution in [2.45, 2.75) is 6.61 Å². The SMILES string of the molecule is COc1ccc(OC)c(NC(=O)C(=O)N/N=C\c2ccc(OCc3ccccc3)cc2)c1. The first-order chi connectivity index (χ1) is 15.6. The Morgan fingerprint density at radius 2 is 1.59 bits per heavy atom. The number of rotatable bonds is 8. The number of carbonyl (C=O) groups excluding carboxylic acids is 2.